The van der Waals surface area contributed by atoms with Crippen molar-refractivity contribution in [3.05, 3.63) is 12.2 Å². The van der Waals surface area contributed by atoms with Gasteiger partial charge in [-0.1, -0.05) is 6.92 Å². The second-order valence-corrected chi connectivity index (χ2v) is 4.35. The van der Waals surface area contributed by atoms with Crippen LogP contribution in [-0.4, -0.2) is 53.4 Å². The molecule has 0 aliphatic carbocycles. The standard InChI is InChI=1S/C11H23N5/c1-5-6-16-11(13-9-14-16)7-10(12-2)8-15(3)4/h9-10,12H,5-8H2,1-4H3. The van der Waals surface area contributed by atoms with Crippen molar-refractivity contribution in [2.45, 2.75) is 32.4 Å². The van der Waals surface area contributed by atoms with Gasteiger partial charge >= 0.3 is 0 Å². The van der Waals surface area contributed by atoms with Crippen LogP contribution in [0.15, 0.2) is 6.33 Å². The van der Waals surface area contributed by atoms with Crippen LogP contribution in [0.4, 0.5) is 0 Å². The van der Waals surface area contributed by atoms with Crippen molar-refractivity contribution in [3.8, 4) is 0 Å². The van der Waals surface area contributed by atoms with Crippen LogP contribution in [0.25, 0.3) is 0 Å². The molecule has 0 spiro atoms. The van der Waals surface area contributed by atoms with E-state index in [4.69, 9.17) is 0 Å². The first-order valence-corrected chi connectivity index (χ1v) is 5.86. The quantitative estimate of drug-likeness (QED) is 0.729. The third kappa shape index (κ3) is 3.90. The SMILES string of the molecule is CCCn1ncnc1CC(CN(C)C)NC. The lowest BCUT2D eigenvalue weighted by Crippen LogP contribution is -2.38. The smallest absolute Gasteiger partial charge is 0.138 e. The van der Waals surface area contributed by atoms with E-state index in [-0.39, 0.29) is 0 Å². The van der Waals surface area contributed by atoms with Gasteiger partial charge in [0.15, 0.2) is 0 Å². The molecule has 1 atom stereocenters. The van der Waals surface area contributed by atoms with Crippen LogP contribution in [0.3, 0.4) is 0 Å². The summed E-state index contributed by atoms with van der Waals surface area (Å²) in [7, 11) is 6.16. The molecule has 1 aromatic heterocycles. The first-order valence-electron chi connectivity index (χ1n) is 5.86. The molecule has 5 nitrogen and oxygen atoms in total. The van der Waals surface area contributed by atoms with Gasteiger partial charge in [0, 0.05) is 25.6 Å². The molecule has 0 saturated heterocycles. The minimum Gasteiger partial charge on any atom is -0.315 e. The van der Waals surface area contributed by atoms with Gasteiger partial charge in [-0.05, 0) is 27.6 Å². The van der Waals surface area contributed by atoms with Crippen molar-refractivity contribution >= 4 is 0 Å². The first-order chi connectivity index (χ1) is 7.67. The monoisotopic (exact) mass is 225 g/mol. The number of rotatable bonds is 7. The molecule has 1 aromatic rings. The number of nitrogens with zero attached hydrogens (tertiary/aromatic N) is 4. The van der Waals surface area contributed by atoms with Gasteiger partial charge < -0.3 is 10.2 Å². The summed E-state index contributed by atoms with van der Waals surface area (Å²) < 4.78 is 2.00. The highest BCUT2D eigenvalue weighted by Crippen LogP contribution is 2.01. The summed E-state index contributed by atoms with van der Waals surface area (Å²) in [5.74, 6) is 1.07. The topological polar surface area (TPSA) is 46.0 Å². The average Bonchev–Trinajstić information content (AvgIpc) is 2.65. The molecule has 0 saturated carbocycles. The Bertz CT molecular complexity index is 294. The zero-order chi connectivity index (χ0) is 12.0. The van der Waals surface area contributed by atoms with Gasteiger partial charge in [-0.2, -0.15) is 5.10 Å². The molecule has 0 fully saturated rings. The van der Waals surface area contributed by atoms with Gasteiger partial charge in [0.2, 0.25) is 0 Å². The van der Waals surface area contributed by atoms with E-state index in [1.807, 2.05) is 11.7 Å². The van der Waals surface area contributed by atoms with Crippen molar-refractivity contribution in [1.82, 2.24) is 25.0 Å². The number of aromatic nitrogens is 3. The van der Waals surface area contributed by atoms with E-state index in [2.05, 4.69) is 41.3 Å². The number of nitrogens with one attached hydrogen (secondary N) is 1. The molecule has 16 heavy (non-hydrogen) atoms. The highest BCUT2D eigenvalue weighted by atomic mass is 15.3. The maximum absolute atomic E-state index is 4.32. The van der Waals surface area contributed by atoms with E-state index in [0.29, 0.717) is 6.04 Å². The van der Waals surface area contributed by atoms with Crippen LogP contribution in [0.1, 0.15) is 19.2 Å². The van der Waals surface area contributed by atoms with Crippen LogP contribution < -0.4 is 5.32 Å². The van der Waals surface area contributed by atoms with Crippen LogP contribution in [-0.2, 0) is 13.0 Å². The predicted molar refractivity (Wildman–Crippen MR) is 65.4 cm³/mol. The Kier molecular flexibility index (Phi) is 5.42. The van der Waals surface area contributed by atoms with E-state index in [1.165, 1.54) is 0 Å². The Hall–Kier alpha value is -0.940. The molecular formula is C11H23N5. The van der Waals surface area contributed by atoms with Crippen LogP contribution in [0, 0.1) is 0 Å². The summed E-state index contributed by atoms with van der Waals surface area (Å²) in [5, 5.41) is 7.55. The molecule has 1 unspecified atom stereocenters. The third-order valence-corrected chi connectivity index (χ3v) is 2.55. The maximum atomic E-state index is 4.32. The zero-order valence-electron chi connectivity index (χ0n) is 10.8. The molecule has 1 N–H and O–H groups in total. The molecule has 0 aromatic carbocycles. The van der Waals surface area contributed by atoms with Gasteiger partial charge in [-0.3, -0.25) is 4.68 Å². The van der Waals surface area contributed by atoms with Gasteiger partial charge in [0.25, 0.3) is 0 Å². The van der Waals surface area contributed by atoms with Crippen molar-refractivity contribution < 1.29 is 0 Å². The predicted octanol–water partition coefficient (Wildman–Crippen LogP) is 0.380. The van der Waals surface area contributed by atoms with Gasteiger partial charge in [0.05, 0.1) is 0 Å². The van der Waals surface area contributed by atoms with Crippen LogP contribution >= 0.6 is 0 Å². The summed E-state index contributed by atoms with van der Waals surface area (Å²) >= 11 is 0. The first kappa shape index (κ1) is 13.1. The number of likely N-dealkylation sites (N-methyl/N-ethyl adjacent to an activating group) is 2. The van der Waals surface area contributed by atoms with E-state index in [0.717, 1.165) is 31.8 Å². The third-order valence-electron chi connectivity index (χ3n) is 2.55. The summed E-state index contributed by atoms with van der Waals surface area (Å²) in [6, 6.07) is 0.426. The molecule has 0 aliphatic rings. The van der Waals surface area contributed by atoms with Crippen molar-refractivity contribution in [2.24, 2.45) is 0 Å². The van der Waals surface area contributed by atoms with E-state index < -0.39 is 0 Å². The fourth-order valence-corrected chi connectivity index (χ4v) is 1.76. The Morgan fingerprint density at radius 2 is 2.25 bits per heavy atom. The van der Waals surface area contributed by atoms with Crippen molar-refractivity contribution in [1.29, 1.82) is 0 Å². The van der Waals surface area contributed by atoms with Gasteiger partial charge in [0.1, 0.15) is 12.2 Å². The molecule has 0 aliphatic heterocycles. The van der Waals surface area contributed by atoms with E-state index >= 15 is 0 Å². The Labute approximate surface area is 97.9 Å². The number of hydrogen-bond donors (Lipinski definition) is 1. The summed E-state index contributed by atoms with van der Waals surface area (Å²) in [6.45, 7) is 4.12. The largest absolute Gasteiger partial charge is 0.315 e. The summed E-state index contributed by atoms with van der Waals surface area (Å²) in [5.41, 5.74) is 0. The van der Waals surface area contributed by atoms with E-state index in [1.54, 1.807) is 6.33 Å². The lowest BCUT2D eigenvalue weighted by molar-refractivity contribution is 0.341. The fraction of sp³-hybridized carbons (Fsp3) is 0.818. The molecule has 1 heterocycles. The van der Waals surface area contributed by atoms with E-state index in [9.17, 15) is 0 Å². The highest BCUT2D eigenvalue weighted by Gasteiger charge is 2.12. The molecular weight excluding hydrogens is 202 g/mol. The minimum absolute atomic E-state index is 0.426. The number of aryl methyl sites for hydroxylation is 1. The Morgan fingerprint density at radius 1 is 1.50 bits per heavy atom. The molecule has 5 heteroatoms. The lowest BCUT2D eigenvalue weighted by atomic mass is 10.2. The van der Waals surface area contributed by atoms with Crippen molar-refractivity contribution in [2.75, 3.05) is 27.7 Å². The number of hydrogen-bond acceptors (Lipinski definition) is 4. The highest BCUT2D eigenvalue weighted by molar-refractivity contribution is 4.90. The van der Waals surface area contributed by atoms with Crippen LogP contribution in [0.5, 0.6) is 0 Å². The van der Waals surface area contributed by atoms with Crippen LogP contribution in [0.2, 0.25) is 0 Å². The summed E-state index contributed by atoms with van der Waals surface area (Å²) in [6.07, 6.45) is 3.66. The minimum atomic E-state index is 0.426. The molecule has 0 amide bonds. The van der Waals surface area contributed by atoms with Gasteiger partial charge in [-0.25, -0.2) is 4.98 Å². The second-order valence-electron chi connectivity index (χ2n) is 4.35. The Morgan fingerprint density at radius 3 is 2.81 bits per heavy atom. The normalized spacial score (nSPS) is 13.3. The average molecular weight is 225 g/mol. The fourth-order valence-electron chi connectivity index (χ4n) is 1.76. The molecule has 1 rings (SSSR count). The molecule has 0 bridgehead atoms. The van der Waals surface area contributed by atoms with Gasteiger partial charge in [-0.15, -0.1) is 0 Å². The maximum Gasteiger partial charge on any atom is 0.138 e. The zero-order valence-corrected chi connectivity index (χ0v) is 10.8. The second kappa shape index (κ2) is 6.60. The summed E-state index contributed by atoms with van der Waals surface area (Å²) in [4.78, 5) is 6.51. The molecule has 0 radical (unpaired) electrons. The lowest BCUT2D eigenvalue weighted by Gasteiger charge is -2.20. The Balaban J connectivity index is 2.58. The van der Waals surface area contributed by atoms with Crippen molar-refractivity contribution in [3.63, 3.8) is 0 Å². The molecule has 92 valence electrons.